The number of hydrogen-bond donors (Lipinski definition) is 2. The number of hydrazine groups is 1. The van der Waals surface area contributed by atoms with Crippen LogP contribution in [0.2, 0.25) is 0 Å². The van der Waals surface area contributed by atoms with E-state index in [-0.39, 0.29) is 23.7 Å². The zero-order valence-electron chi connectivity index (χ0n) is 19.4. The first-order chi connectivity index (χ1) is 16.5. The summed E-state index contributed by atoms with van der Waals surface area (Å²) in [6, 6.07) is 16.8. The molecule has 0 radical (unpaired) electrons. The molecular weight excluding hydrogens is 425 g/mol. The Balaban J connectivity index is 1.41. The fourth-order valence-corrected chi connectivity index (χ4v) is 5.59. The van der Waals surface area contributed by atoms with E-state index in [1.54, 1.807) is 18.2 Å². The van der Waals surface area contributed by atoms with Gasteiger partial charge in [0.25, 0.3) is 0 Å². The Hall–Kier alpha value is -3.60. The number of fused-ring (bicyclic) bond motifs is 1. The number of allylic oxidation sites excluding steroid dienone is 4. The lowest BCUT2D eigenvalue weighted by atomic mass is 9.78. The Morgan fingerprint density at radius 1 is 1.24 bits per heavy atom. The second-order valence-electron chi connectivity index (χ2n) is 9.27. The van der Waals surface area contributed by atoms with Crippen molar-refractivity contribution in [3.8, 4) is 0 Å². The van der Waals surface area contributed by atoms with Crippen LogP contribution in [0.15, 0.2) is 102 Å². The van der Waals surface area contributed by atoms with Gasteiger partial charge in [-0.3, -0.25) is 9.80 Å². The van der Waals surface area contributed by atoms with Crippen molar-refractivity contribution in [2.75, 3.05) is 5.01 Å². The Morgan fingerprint density at radius 3 is 2.74 bits per heavy atom. The summed E-state index contributed by atoms with van der Waals surface area (Å²) in [5.41, 5.74) is 10.7. The van der Waals surface area contributed by atoms with Gasteiger partial charge in [-0.25, -0.2) is 4.39 Å². The van der Waals surface area contributed by atoms with Gasteiger partial charge in [0.2, 0.25) is 5.91 Å². The van der Waals surface area contributed by atoms with Crippen molar-refractivity contribution < 1.29 is 9.18 Å². The first-order valence-electron chi connectivity index (χ1n) is 12.0. The van der Waals surface area contributed by atoms with Gasteiger partial charge in [-0.05, 0) is 66.7 Å². The molecule has 5 heteroatoms. The van der Waals surface area contributed by atoms with E-state index in [0.29, 0.717) is 12.3 Å². The fraction of sp³-hybridized carbons (Fsp3) is 0.276. The molecule has 3 atom stereocenters. The second-order valence-corrected chi connectivity index (χ2v) is 9.27. The van der Waals surface area contributed by atoms with Crippen molar-refractivity contribution in [2.24, 2.45) is 11.8 Å². The highest BCUT2D eigenvalue weighted by Crippen LogP contribution is 2.49. The maximum atomic E-state index is 13.4. The minimum Gasteiger partial charge on any atom is -0.349 e. The van der Waals surface area contributed by atoms with E-state index in [9.17, 15) is 9.18 Å². The van der Waals surface area contributed by atoms with Crippen LogP contribution >= 0.6 is 0 Å². The highest BCUT2D eigenvalue weighted by molar-refractivity contribution is 5.77. The van der Waals surface area contributed by atoms with Crippen LogP contribution in [0.3, 0.4) is 0 Å². The molecule has 1 amide bonds. The van der Waals surface area contributed by atoms with Gasteiger partial charge in [-0.1, -0.05) is 48.9 Å². The third kappa shape index (κ3) is 4.18. The Morgan fingerprint density at radius 2 is 2.00 bits per heavy atom. The Labute approximate surface area is 200 Å². The standard InChI is InChI=1S/C29H30FN3O/c1-3-7-28(34)32-26(20-8-5-4-6-9-20)16-21-10-11-22-17-27-25(19(2)29(21)22)18-31-33(27)24-14-12-23(30)13-15-24/h3-6,8-9,12-15,17-19,21,26,31H,1,7,10-11,16H2,2H3,(H,32,34)/t19-,21+,26?/m0/s1. The first kappa shape index (κ1) is 22.2. The number of benzene rings is 2. The number of nitrogens with one attached hydrogen (secondary N) is 2. The molecule has 2 aliphatic carbocycles. The van der Waals surface area contributed by atoms with Gasteiger partial charge in [0, 0.05) is 24.1 Å². The van der Waals surface area contributed by atoms with Gasteiger partial charge in [0.1, 0.15) is 5.82 Å². The summed E-state index contributed by atoms with van der Waals surface area (Å²) in [4.78, 5) is 12.4. The molecule has 0 bridgehead atoms. The molecular formula is C29H30FN3O. The van der Waals surface area contributed by atoms with Crippen LogP contribution in [-0.2, 0) is 4.79 Å². The van der Waals surface area contributed by atoms with Crippen molar-refractivity contribution >= 4 is 11.6 Å². The molecule has 2 N–H and O–H groups in total. The summed E-state index contributed by atoms with van der Waals surface area (Å²) in [6.07, 6.45) is 9.31. The van der Waals surface area contributed by atoms with Gasteiger partial charge >= 0.3 is 0 Å². The van der Waals surface area contributed by atoms with Gasteiger partial charge in [0.15, 0.2) is 0 Å². The summed E-state index contributed by atoms with van der Waals surface area (Å²) in [5.74, 6) is 0.449. The van der Waals surface area contributed by atoms with Gasteiger partial charge in [0.05, 0.1) is 17.4 Å². The number of halogens is 1. The normalized spacial score (nSPS) is 21.8. The third-order valence-electron chi connectivity index (χ3n) is 7.17. The number of carbonyl (C=O) groups is 1. The number of hydrogen-bond acceptors (Lipinski definition) is 3. The van der Waals surface area contributed by atoms with Crippen LogP contribution < -0.4 is 15.8 Å². The van der Waals surface area contributed by atoms with Crippen molar-refractivity contribution in [1.82, 2.24) is 10.7 Å². The van der Waals surface area contributed by atoms with Crippen molar-refractivity contribution in [3.05, 3.63) is 113 Å². The maximum Gasteiger partial charge on any atom is 0.224 e. The monoisotopic (exact) mass is 455 g/mol. The first-order valence-corrected chi connectivity index (χ1v) is 12.0. The van der Waals surface area contributed by atoms with Gasteiger partial charge < -0.3 is 10.7 Å². The number of nitrogens with zero attached hydrogens (tertiary/aromatic N) is 1. The highest BCUT2D eigenvalue weighted by Gasteiger charge is 2.38. The summed E-state index contributed by atoms with van der Waals surface area (Å²) in [5, 5.41) is 5.27. The summed E-state index contributed by atoms with van der Waals surface area (Å²) in [6.45, 7) is 5.98. The van der Waals surface area contributed by atoms with E-state index < -0.39 is 0 Å². The summed E-state index contributed by atoms with van der Waals surface area (Å²) >= 11 is 0. The van der Waals surface area contributed by atoms with Crippen molar-refractivity contribution in [2.45, 2.75) is 38.6 Å². The molecule has 174 valence electrons. The maximum absolute atomic E-state index is 13.4. The van der Waals surface area contributed by atoms with E-state index >= 15 is 0 Å². The predicted octanol–water partition coefficient (Wildman–Crippen LogP) is 6.10. The minimum atomic E-state index is -0.237. The zero-order valence-corrected chi connectivity index (χ0v) is 19.4. The van der Waals surface area contributed by atoms with Gasteiger partial charge in [-0.2, -0.15) is 0 Å². The number of carbonyl (C=O) groups excluding carboxylic acids is 1. The Kier molecular flexibility index (Phi) is 6.10. The topological polar surface area (TPSA) is 44.4 Å². The van der Waals surface area contributed by atoms with Gasteiger partial charge in [-0.15, -0.1) is 6.58 Å². The van der Waals surface area contributed by atoms with Crippen molar-refractivity contribution in [1.29, 1.82) is 0 Å². The van der Waals surface area contributed by atoms with Crippen LogP contribution in [0, 0.1) is 17.7 Å². The lowest BCUT2D eigenvalue weighted by Crippen LogP contribution is -2.31. The van der Waals surface area contributed by atoms with Crippen LogP contribution in [0.5, 0.6) is 0 Å². The molecule has 0 saturated carbocycles. The van der Waals surface area contributed by atoms with E-state index in [1.807, 2.05) is 23.2 Å². The molecule has 1 heterocycles. The average molecular weight is 456 g/mol. The number of rotatable bonds is 7. The molecule has 3 aliphatic rings. The molecule has 2 aromatic carbocycles. The molecule has 5 rings (SSSR count). The van der Waals surface area contributed by atoms with Crippen LogP contribution in [0.25, 0.3) is 0 Å². The molecule has 1 aliphatic heterocycles. The number of anilines is 1. The molecule has 0 fully saturated rings. The lowest BCUT2D eigenvalue weighted by molar-refractivity contribution is -0.121. The predicted molar refractivity (Wildman–Crippen MR) is 134 cm³/mol. The number of amides is 1. The lowest BCUT2D eigenvalue weighted by Gasteiger charge is -2.31. The molecule has 0 saturated heterocycles. The van der Waals surface area contributed by atoms with E-state index in [4.69, 9.17) is 0 Å². The SMILES string of the molecule is C=CCC(=O)NC(C[C@H]1CCC2=C1[C@@H](C)C1=CNN(c3ccc(F)cc3)C1=C2)c1ccccc1. The smallest absolute Gasteiger partial charge is 0.224 e. The highest BCUT2D eigenvalue weighted by atomic mass is 19.1. The van der Waals surface area contributed by atoms with E-state index in [1.165, 1.54) is 28.9 Å². The molecule has 0 spiro atoms. The summed E-state index contributed by atoms with van der Waals surface area (Å²) in [7, 11) is 0. The molecule has 1 unspecified atom stereocenters. The average Bonchev–Trinajstić information content (AvgIpc) is 3.45. The van der Waals surface area contributed by atoms with Crippen LogP contribution in [0.4, 0.5) is 10.1 Å². The zero-order chi connectivity index (χ0) is 23.7. The second kappa shape index (κ2) is 9.34. The third-order valence-corrected chi connectivity index (χ3v) is 7.17. The van der Waals surface area contributed by atoms with E-state index in [2.05, 4.69) is 48.7 Å². The molecule has 34 heavy (non-hydrogen) atoms. The van der Waals surface area contributed by atoms with Crippen molar-refractivity contribution in [3.63, 3.8) is 0 Å². The minimum absolute atomic E-state index is 0.00701. The Bertz CT molecular complexity index is 1180. The van der Waals surface area contributed by atoms with E-state index in [0.717, 1.165) is 36.2 Å². The largest absolute Gasteiger partial charge is 0.349 e. The summed E-state index contributed by atoms with van der Waals surface area (Å²) < 4.78 is 13.4. The fourth-order valence-electron chi connectivity index (χ4n) is 5.59. The molecule has 0 aromatic heterocycles. The quantitative estimate of drug-likeness (QED) is 0.496. The molecule has 2 aromatic rings. The van der Waals surface area contributed by atoms with Crippen LogP contribution in [0.1, 0.15) is 44.2 Å². The molecule has 4 nitrogen and oxygen atoms in total. The van der Waals surface area contributed by atoms with Crippen LogP contribution in [-0.4, -0.2) is 5.91 Å².